The van der Waals surface area contributed by atoms with E-state index in [0.29, 0.717) is 5.84 Å². The SMILES string of the molecule is N/N=C(N)\C(Br)=C/Cc1ccccc1. The number of nitrogens with zero attached hydrogens (tertiary/aromatic N) is 1. The molecule has 0 spiro atoms. The molecule has 0 unspecified atom stereocenters. The molecule has 0 aliphatic carbocycles. The number of hydrazone groups is 1. The molecule has 14 heavy (non-hydrogen) atoms. The highest BCUT2D eigenvalue weighted by molar-refractivity contribution is 9.12. The molecule has 3 nitrogen and oxygen atoms in total. The number of hydrogen-bond acceptors (Lipinski definition) is 2. The highest BCUT2D eigenvalue weighted by Crippen LogP contribution is 2.08. The molecule has 1 aromatic rings. The standard InChI is InChI=1S/C10H12BrN3/c11-9(10(12)14-13)7-6-8-4-2-1-3-5-8/h1-5,7H,6,13H2,(H2,12,14)/b9-7+. The molecular weight excluding hydrogens is 242 g/mol. The maximum Gasteiger partial charge on any atom is 0.157 e. The average Bonchev–Trinajstić information content (AvgIpc) is 2.26. The summed E-state index contributed by atoms with van der Waals surface area (Å²) in [7, 11) is 0. The van der Waals surface area contributed by atoms with Gasteiger partial charge in [0.05, 0.1) is 4.48 Å². The summed E-state index contributed by atoms with van der Waals surface area (Å²) in [6.45, 7) is 0. The van der Waals surface area contributed by atoms with E-state index in [1.54, 1.807) is 0 Å². The predicted octanol–water partition coefficient (Wildman–Crippen LogP) is 1.74. The smallest absolute Gasteiger partial charge is 0.157 e. The van der Waals surface area contributed by atoms with E-state index in [-0.39, 0.29) is 0 Å². The lowest BCUT2D eigenvalue weighted by atomic mass is 10.1. The monoisotopic (exact) mass is 253 g/mol. The van der Waals surface area contributed by atoms with Gasteiger partial charge < -0.3 is 11.6 Å². The van der Waals surface area contributed by atoms with Crippen LogP contribution in [0.1, 0.15) is 5.56 Å². The van der Waals surface area contributed by atoms with Crippen molar-refractivity contribution >= 4 is 21.8 Å². The van der Waals surface area contributed by atoms with E-state index in [1.807, 2.05) is 36.4 Å². The van der Waals surface area contributed by atoms with Crippen LogP contribution >= 0.6 is 15.9 Å². The minimum atomic E-state index is 0.306. The molecule has 0 radical (unpaired) electrons. The van der Waals surface area contributed by atoms with Gasteiger partial charge in [0.2, 0.25) is 0 Å². The van der Waals surface area contributed by atoms with Crippen molar-refractivity contribution in [3.05, 3.63) is 46.5 Å². The van der Waals surface area contributed by atoms with Crippen molar-refractivity contribution in [3.8, 4) is 0 Å². The molecule has 0 bridgehead atoms. The van der Waals surface area contributed by atoms with Crippen molar-refractivity contribution in [3.63, 3.8) is 0 Å². The Balaban J connectivity index is 2.64. The van der Waals surface area contributed by atoms with E-state index in [1.165, 1.54) is 5.56 Å². The fraction of sp³-hybridized carbons (Fsp3) is 0.100. The lowest BCUT2D eigenvalue weighted by molar-refractivity contribution is 1.22. The fourth-order valence-corrected chi connectivity index (χ4v) is 1.25. The largest absolute Gasteiger partial charge is 0.381 e. The Morgan fingerprint density at radius 2 is 2.00 bits per heavy atom. The molecule has 0 fully saturated rings. The summed E-state index contributed by atoms with van der Waals surface area (Å²) in [6, 6.07) is 10.1. The average molecular weight is 254 g/mol. The van der Waals surface area contributed by atoms with Crippen molar-refractivity contribution in [2.24, 2.45) is 16.7 Å². The van der Waals surface area contributed by atoms with Gasteiger partial charge in [0, 0.05) is 0 Å². The molecule has 4 N–H and O–H groups in total. The minimum absolute atomic E-state index is 0.306. The van der Waals surface area contributed by atoms with Crippen molar-refractivity contribution in [2.75, 3.05) is 0 Å². The summed E-state index contributed by atoms with van der Waals surface area (Å²) in [5.41, 5.74) is 6.71. The Morgan fingerprint density at radius 3 is 2.57 bits per heavy atom. The van der Waals surface area contributed by atoms with Crippen LogP contribution in [0.2, 0.25) is 0 Å². The normalized spacial score (nSPS) is 12.9. The molecule has 0 amide bonds. The van der Waals surface area contributed by atoms with Crippen molar-refractivity contribution in [1.82, 2.24) is 0 Å². The van der Waals surface area contributed by atoms with Gasteiger partial charge in [-0.2, -0.15) is 5.10 Å². The van der Waals surface area contributed by atoms with Crippen molar-refractivity contribution in [1.29, 1.82) is 0 Å². The number of amidine groups is 1. The Morgan fingerprint density at radius 1 is 1.36 bits per heavy atom. The molecule has 0 atom stereocenters. The first kappa shape index (κ1) is 10.8. The van der Waals surface area contributed by atoms with E-state index in [9.17, 15) is 0 Å². The number of rotatable bonds is 3. The molecule has 1 aromatic carbocycles. The number of nitrogens with two attached hydrogens (primary N) is 2. The molecule has 1 rings (SSSR count). The second kappa shape index (κ2) is 5.44. The molecule has 0 aliphatic rings. The summed E-state index contributed by atoms with van der Waals surface area (Å²) < 4.78 is 0.726. The molecule has 74 valence electrons. The van der Waals surface area contributed by atoms with Crippen LogP contribution in [0.4, 0.5) is 0 Å². The van der Waals surface area contributed by atoms with Crippen LogP contribution < -0.4 is 11.6 Å². The van der Waals surface area contributed by atoms with E-state index in [0.717, 1.165) is 10.9 Å². The van der Waals surface area contributed by atoms with Gasteiger partial charge in [0.25, 0.3) is 0 Å². The van der Waals surface area contributed by atoms with Crippen LogP contribution in [-0.4, -0.2) is 5.84 Å². The zero-order valence-corrected chi connectivity index (χ0v) is 9.24. The van der Waals surface area contributed by atoms with Gasteiger partial charge in [-0.05, 0) is 27.9 Å². The summed E-state index contributed by atoms with van der Waals surface area (Å²) in [5, 5.41) is 3.38. The third-order valence-corrected chi connectivity index (χ3v) is 2.47. The summed E-state index contributed by atoms with van der Waals surface area (Å²) in [6.07, 6.45) is 2.73. The van der Waals surface area contributed by atoms with Crippen LogP contribution in [0.5, 0.6) is 0 Å². The van der Waals surface area contributed by atoms with E-state index >= 15 is 0 Å². The van der Waals surface area contributed by atoms with E-state index < -0.39 is 0 Å². The lowest BCUT2D eigenvalue weighted by Gasteiger charge is -1.98. The first-order valence-corrected chi connectivity index (χ1v) is 4.96. The second-order valence-electron chi connectivity index (χ2n) is 2.76. The van der Waals surface area contributed by atoms with Crippen LogP contribution in [0.3, 0.4) is 0 Å². The Hall–Kier alpha value is -1.29. The van der Waals surface area contributed by atoms with Crippen LogP contribution in [0.15, 0.2) is 46.0 Å². The molecule has 0 saturated heterocycles. The third kappa shape index (κ3) is 3.22. The fourth-order valence-electron chi connectivity index (χ4n) is 0.988. The summed E-state index contributed by atoms with van der Waals surface area (Å²) in [4.78, 5) is 0. The van der Waals surface area contributed by atoms with E-state index in [2.05, 4.69) is 21.0 Å². The second-order valence-corrected chi connectivity index (χ2v) is 3.61. The van der Waals surface area contributed by atoms with Gasteiger partial charge in [-0.15, -0.1) is 0 Å². The third-order valence-electron chi connectivity index (χ3n) is 1.74. The van der Waals surface area contributed by atoms with Crippen molar-refractivity contribution < 1.29 is 0 Å². The van der Waals surface area contributed by atoms with Gasteiger partial charge >= 0.3 is 0 Å². The highest BCUT2D eigenvalue weighted by Gasteiger charge is 1.96. The molecular formula is C10H12BrN3. The minimum Gasteiger partial charge on any atom is -0.381 e. The number of hydrogen-bond donors (Lipinski definition) is 2. The maximum absolute atomic E-state index is 5.49. The number of benzene rings is 1. The van der Waals surface area contributed by atoms with E-state index in [4.69, 9.17) is 11.6 Å². The predicted molar refractivity (Wildman–Crippen MR) is 63.0 cm³/mol. The van der Waals surface area contributed by atoms with Crippen LogP contribution in [0, 0.1) is 0 Å². The van der Waals surface area contributed by atoms with Crippen LogP contribution in [0.25, 0.3) is 0 Å². The number of allylic oxidation sites excluding steroid dienone is 1. The number of halogens is 1. The molecule has 0 aliphatic heterocycles. The van der Waals surface area contributed by atoms with Gasteiger partial charge in [-0.3, -0.25) is 0 Å². The zero-order chi connectivity index (χ0) is 10.4. The highest BCUT2D eigenvalue weighted by atomic mass is 79.9. The molecule has 0 heterocycles. The zero-order valence-electron chi connectivity index (χ0n) is 7.65. The van der Waals surface area contributed by atoms with Crippen LogP contribution in [-0.2, 0) is 6.42 Å². The Kier molecular flexibility index (Phi) is 4.19. The first-order valence-electron chi connectivity index (χ1n) is 4.17. The Labute approximate surface area is 91.6 Å². The topological polar surface area (TPSA) is 64.4 Å². The van der Waals surface area contributed by atoms with Crippen molar-refractivity contribution in [2.45, 2.75) is 6.42 Å². The van der Waals surface area contributed by atoms with Gasteiger partial charge in [0.1, 0.15) is 0 Å². The van der Waals surface area contributed by atoms with Gasteiger partial charge in [-0.25, -0.2) is 0 Å². The molecule has 0 saturated carbocycles. The molecule has 0 aromatic heterocycles. The maximum atomic E-state index is 5.49. The summed E-state index contributed by atoms with van der Waals surface area (Å²) >= 11 is 3.29. The lowest BCUT2D eigenvalue weighted by Crippen LogP contribution is -2.13. The molecule has 4 heteroatoms. The van der Waals surface area contributed by atoms with Gasteiger partial charge in [0.15, 0.2) is 5.84 Å². The van der Waals surface area contributed by atoms with Gasteiger partial charge in [-0.1, -0.05) is 36.4 Å². The summed E-state index contributed by atoms with van der Waals surface area (Å²) in [5.74, 6) is 5.34. The first-order chi connectivity index (χ1) is 6.74. The Bertz CT molecular complexity index is 344. The quantitative estimate of drug-likeness (QED) is 0.373.